The van der Waals surface area contributed by atoms with Crippen molar-refractivity contribution >= 4 is 33.5 Å². The van der Waals surface area contributed by atoms with E-state index in [0.717, 1.165) is 35.0 Å². The van der Waals surface area contributed by atoms with E-state index >= 15 is 0 Å². The number of benzene rings is 5. The van der Waals surface area contributed by atoms with Gasteiger partial charge in [0.2, 0.25) is 0 Å². The molecule has 5 rings (SSSR count). The molecule has 0 saturated carbocycles. The molecule has 37 heavy (non-hydrogen) atoms. The van der Waals surface area contributed by atoms with E-state index in [1.54, 1.807) is 24.3 Å². The number of hydrogen-bond acceptors (Lipinski definition) is 4. The third kappa shape index (κ3) is 4.58. The van der Waals surface area contributed by atoms with Crippen molar-refractivity contribution in [1.82, 2.24) is 0 Å². The summed E-state index contributed by atoms with van der Waals surface area (Å²) < 4.78 is 77.8. The van der Waals surface area contributed by atoms with Crippen LogP contribution < -0.4 is 9.47 Å². The molecule has 4 nitrogen and oxygen atoms in total. The Kier molecular flexibility index (Phi) is 6.04. The van der Waals surface area contributed by atoms with Crippen molar-refractivity contribution < 1.29 is 41.0 Å². The topological polar surface area (TPSA) is 52.6 Å². The van der Waals surface area contributed by atoms with E-state index in [2.05, 4.69) is 0 Å². The smallest absolute Gasteiger partial charge is 0.346 e. The maximum absolute atomic E-state index is 14.0. The molecular weight excluding hydrogens is 495 g/mol. The van der Waals surface area contributed by atoms with Gasteiger partial charge in [-0.2, -0.15) is 0 Å². The lowest BCUT2D eigenvalue weighted by molar-refractivity contribution is 0.0721. The molecule has 0 atom stereocenters. The van der Waals surface area contributed by atoms with Gasteiger partial charge in [-0.1, -0.05) is 24.3 Å². The van der Waals surface area contributed by atoms with Gasteiger partial charge in [0.05, 0.1) is 11.1 Å². The van der Waals surface area contributed by atoms with Crippen molar-refractivity contribution in [2.45, 2.75) is 0 Å². The molecule has 0 aromatic heterocycles. The number of hydrogen-bond donors (Lipinski definition) is 0. The molecule has 0 fully saturated rings. The van der Waals surface area contributed by atoms with Crippen LogP contribution in [0.1, 0.15) is 20.7 Å². The predicted molar refractivity (Wildman–Crippen MR) is 124 cm³/mol. The summed E-state index contributed by atoms with van der Waals surface area (Å²) in [6, 6.07) is 16.9. The summed E-state index contributed by atoms with van der Waals surface area (Å²) in [5.74, 6) is -9.19. The van der Waals surface area contributed by atoms with Crippen LogP contribution in [0.15, 0.2) is 78.9 Å². The van der Waals surface area contributed by atoms with Gasteiger partial charge in [-0.3, -0.25) is 0 Å². The molecule has 184 valence electrons. The fourth-order valence-electron chi connectivity index (χ4n) is 3.77. The number of esters is 2. The van der Waals surface area contributed by atoms with Gasteiger partial charge in [0, 0.05) is 0 Å². The molecule has 0 amide bonds. The minimum atomic E-state index is -1.79. The van der Waals surface area contributed by atoms with E-state index in [-0.39, 0.29) is 17.1 Å². The summed E-state index contributed by atoms with van der Waals surface area (Å²) in [6.07, 6.45) is 0. The summed E-state index contributed by atoms with van der Waals surface area (Å²) in [5.41, 5.74) is -0.959. The molecule has 0 aliphatic carbocycles. The zero-order chi connectivity index (χ0) is 26.3. The van der Waals surface area contributed by atoms with Gasteiger partial charge in [0.25, 0.3) is 0 Å². The first-order valence-corrected chi connectivity index (χ1v) is 10.7. The standard InChI is InChI=1S/C28H13F5O4/c29-22-9-5-16(11-24(22)31)27(34)36-17-6-3-14-1-2-15-4-7-18(13-21(15)20(14)12-17)37-28(35)19-8-10-23(30)26(33)25(19)32/h1-13H. The molecular formula is C28H13F5O4. The highest BCUT2D eigenvalue weighted by Gasteiger charge is 2.21. The summed E-state index contributed by atoms with van der Waals surface area (Å²) in [6.45, 7) is 0. The van der Waals surface area contributed by atoms with E-state index in [1.165, 1.54) is 24.3 Å². The number of rotatable bonds is 4. The Morgan fingerprint density at radius 2 is 1.05 bits per heavy atom. The molecule has 0 unspecified atom stereocenters. The van der Waals surface area contributed by atoms with Gasteiger partial charge in [0.15, 0.2) is 29.1 Å². The van der Waals surface area contributed by atoms with Crippen LogP contribution in [0, 0.1) is 29.1 Å². The van der Waals surface area contributed by atoms with Crippen LogP contribution >= 0.6 is 0 Å². The van der Waals surface area contributed by atoms with E-state index < -0.39 is 46.6 Å². The molecule has 0 saturated heterocycles. The lowest BCUT2D eigenvalue weighted by Crippen LogP contribution is -2.12. The zero-order valence-corrected chi connectivity index (χ0v) is 18.5. The summed E-state index contributed by atoms with van der Waals surface area (Å²) in [4.78, 5) is 24.8. The molecule has 5 aromatic carbocycles. The van der Waals surface area contributed by atoms with Crippen LogP contribution in [0.25, 0.3) is 21.5 Å². The maximum atomic E-state index is 14.0. The maximum Gasteiger partial charge on any atom is 0.346 e. The lowest BCUT2D eigenvalue weighted by Gasteiger charge is -2.10. The summed E-state index contributed by atoms with van der Waals surface area (Å²) >= 11 is 0. The third-order valence-electron chi connectivity index (χ3n) is 5.61. The highest BCUT2D eigenvalue weighted by Crippen LogP contribution is 2.32. The summed E-state index contributed by atoms with van der Waals surface area (Å²) in [5, 5.41) is 2.61. The number of halogens is 5. The van der Waals surface area contributed by atoms with Crippen molar-refractivity contribution in [1.29, 1.82) is 0 Å². The largest absolute Gasteiger partial charge is 0.423 e. The molecule has 0 aliphatic rings. The average Bonchev–Trinajstić information content (AvgIpc) is 2.88. The monoisotopic (exact) mass is 508 g/mol. The third-order valence-corrected chi connectivity index (χ3v) is 5.61. The Morgan fingerprint density at radius 1 is 0.514 bits per heavy atom. The molecule has 5 aromatic rings. The van der Waals surface area contributed by atoms with Crippen LogP contribution in [0.4, 0.5) is 22.0 Å². The van der Waals surface area contributed by atoms with Crippen molar-refractivity contribution in [2.75, 3.05) is 0 Å². The van der Waals surface area contributed by atoms with Crippen LogP contribution in [-0.2, 0) is 0 Å². The second-order valence-corrected chi connectivity index (χ2v) is 7.96. The predicted octanol–water partition coefficient (Wildman–Crippen LogP) is 7.13. The second-order valence-electron chi connectivity index (χ2n) is 7.96. The number of ether oxygens (including phenoxy) is 2. The number of carbonyl (C=O) groups excluding carboxylic acids is 2. The highest BCUT2D eigenvalue weighted by molar-refractivity contribution is 6.09. The van der Waals surface area contributed by atoms with Crippen LogP contribution in [-0.4, -0.2) is 11.9 Å². The van der Waals surface area contributed by atoms with Crippen molar-refractivity contribution in [2.24, 2.45) is 0 Å². The Balaban J connectivity index is 1.48. The fourth-order valence-corrected chi connectivity index (χ4v) is 3.77. The average molecular weight is 508 g/mol. The quantitative estimate of drug-likeness (QED) is 0.0853. The molecule has 9 heteroatoms. The first-order chi connectivity index (χ1) is 17.7. The Bertz CT molecular complexity index is 1730. The SMILES string of the molecule is O=C(Oc1ccc2ccc3ccc(OC(=O)c4ccc(F)c(F)c4F)cc3c2c1)c1ccc(F)c(F)c1. The van der Waals surface area contributed by atoms with Gasteiger partial charge in [-0.25, -0.2) is 31.5 Å². The fraction of sp³-hybridized carbons (Fsp3) is 0. The zero-order valence-electron chi connectivity index (χ0n) is 18.5. The van der Waals surface area contributed by atoms with Crippen LogP contribution in [0.5, 0.6) is 11.5 Å². The van der Waals surface area contributed by atoms with Gasteiger partial charge < -0.3 is 9.47 Å². The summed E-state index contributed by atoms with van der Waals surface area (Å²) in [7, 11) is 0. The van der Waals surface area contributed by atoms with E-state index in [1.807, 2.05) is 0 Å². The molecule has 0 radical (unpaired) electrons. The number of carbonyl (C=O) groups is 2. The van der Waals surface area contributed by atoms with Gasteiger partial charge in [-0.05, 0) is 76.1 Å². The first kappa shape index (κ1) is 23.9. The van der Waals surface area contributed by atoms with E-state index in [0.29, 0.717) is 16.8 Å². The molecule has 0 spiro atoms. The Labute approximate surface area is 205 Å². The van der Waals surface area contributed by atoms with Gasteiger partial charge in [0.1, 0.15) is 11.5 Å². The van der Waals surface area contributed by atoms with Gasteiger partial charge >= 0.3 is 11.9 Å². The molecule has 0 aliphatic heterocycles. The van der Waals surface area contributed by atoms with Crippen molar-refractivity contribution in [3.8, 4) is 11.5 Å². The normalized spacial score (nSPS) is 11.1. The van der Waals surface area contributed by atoms with Crippen molar-refractivity contribution in [3.63, 3.8) is 0 Å². The minimum Gasteiger partial charge on any atom is -0.423 e. The molecule has 0 bridgehead atoms. The van der Waals surface area contributed by atoms with Crippen LogP contribution in [0.2, 0.25) is 0 Å². The van der Waals surface area contributed by atoms with Gasteiger partial charge in [-0.15, -0.1) is 0 Å². The van der Waals surface area contributed by atoms with Crippen LogP contribution in [0.3, 0.4) is 0 Å². The van der Waals surface area contributed by atoms with Crippen molar-refractivity contribution in [3.05, 3.63) is 119 Å². The Hall–Kier alpha value is -4.79. The number of fused-ring (bicyclic) bond motifs is 3. The van der Waals surface area contributed by atoms with E-state index in [4.69, 9.17) is 9.47 Å². The Morgan fingerprint density at radius 3 is 1.65 bits per heavy atom. The first-order valence-electron chi connectivity index (χ1n) is 10.7. The minimum absolute atomic E-state index is 0.00156. The second kappa shape index (κ2) is 9.34. The molecule has 0 N–H and O–H groups in total. The highest BCUT2D eigenvalue weighted by atomic mass is 19.2. The lowest BCUT2D eigenvalue weighted by atomic mass is 10.0. The van der Waals surface area contributed by atoms with E-state index in [9.17, 15) is 31.5 Å². The molecule has 0 heterocycles.